The largest absolute Gasteiger partial charge is 0.237 e. The molecule has 0 aliphatic rings. The van der Waals surface area contributed by atoms with Crippen molar-refractivity contribution >= 4 is 11.5 Å². The molecule has 0 saturated heterocycles. The molecule has 0 amide bonds. The molecule has 3 aromatic rings. The summed E-state index contributed by atoms with van der Waals surface area (Å²) in [6.07, 6.45) is 1.76. The van der Waals surface area contributed by atoms with Gasteiger partial charge in [0.05, 0.1) is 5.71 Å². The van der Waals surface area contributed by atoms with Crippen molar-refractivity contribution in [1.29, 1.82) is 0 Å². The van der Waals surface area contributed by atoms with Gasteiger partial charge in [0, 0.05) is 17.3 Å². The number of nitrogens with zero attached hydrogens (tertiary/aromatic N) is 2. The first-order valence-electron chi connectivity index (χ1n) is 6.54. The van der Waals surface area contributed by atoms with Crippen molar-refractivity contribution in [1.82, 2.24) is 4.98 Å². The summed E-state index contributed by atoms with van der Waals surface area (Å²) in [6, 6.07) is 26.1. The van der Waals surface area contributed by atoms with Crippen LogP contribution in [0.2, 0.25) is 0 Å². The minimum atomic E-state index is 0.718. The molecule has 2 aromatic carbocycles. The first kappa shape index (κ1) is 12.3. The van der Waals surface area contributed by atoms with Gasteiger partial charge in [0.2, 0.25) is 0 Å². The third-order valence-electron chi connectivity index (χ3n) is 2.97. The molecule has 3 rings (SSSR count). The second-order valence-electron chi connectivity index (χ2n) is 4.38. The Morgan fingerprint density at radius 1 is 0.650 bits per heavy atom. The predicted octanol–water partition coefficient (Wildman–Crippen LogP) is 4.25. The summed E-state index contributed by atoms with van der Waals surface area (Å²) in [5.41, 5.74) is 3.11. The smallest absolute Gasteiger partial charge is 0.152 e. The minimum absolute atomic E-state index is 0.718. The van der Waals surface area contributed by atoms with E-state index < -0.39 is 0 Å². The van der Waals surface area contributed by atoms with Gasteiger partial charge in [-0.15, -0.1) is 0 Å². The Morgan fingerprint density at radius 2 is 1.20 bits per heavy atom. The maximum absolute atomic E-state index is 4.70. The molecule has 20 heavy (non-hydrogen) atoms. The van der Waals surface area contributed by atoms with Crippen LogP contribution in [-0.2, 0) is 0 Å². The fraction of sp³-hybridized carbons (Fsp3) is 0. The third kappa shape index (κ3) is 2.81. The molecule has 2 heteroatoms. The Labute approximate surface area is 118 Å². The normalized spacial score (nSPS) is 10.0. The third-order valence-corrected chi connectivity index (χ3v) is 2.97. The second kappa shape index (κ2) is 5.93. The van der Waals surface area contributed by atoms with Crippen LogP contribution in [0.4, 0.5) is 5.82 Å². The van der Waals surface area contributed by atoms with E-state index in [1.165, 1.54) is 0 Å². The Morgan fingerprint density at radius 3 is 1.70 bits per heavy atom. The first-order chi connectivity index (χ1) is 9.93. The van der Waals surface area contributed by atoms with Crippen LogP contribution in [0, 0.1) is 0 Å². The highest BCUT2D eigenvalue weighted by Crippen LogP contribution is 2.15. The van der Waals surface area contributed by atoms with Crippen molar-refractivity contribution in [2.24, 2.45) is 4.99 Å². The zero-order valence-corrected chi connectivity index (χ0v) is 11.0. The number of aromatic nitrogens is 1. The summed E-state index contributed by atoms with van der Waals surface area (Å²) in [5, 5.41) is 0. The predicted molar refractivity (Wildman–Crippen MR) is 82.4 cm³/mol. The molecule has 0 aliphatic heterocycles. The van der Waals surface area contributed by atoms with Gasteiger partial charge in [-0.2, -0.15) is 0 Å². The number of rotatable bonds is 3. The van der Waals surface area contributed by atoms with Crippen molar-refractivity contribution in [2.45, 2.75) is 0 Å². The fourth-order valence-electron chi connectivity index (χ4n) is 2.02. The summed E-state index contributed by atoms with van der Waals surface area (Å²) < 4.78 is 0. The minimum Gasteiger partial charge on any atom is -0.237 e. The molecule has 1 aromatic heterocycles. The lowest BCUT2D eigenvalue weighted by molar-refractivity contribution is 1.27. The molecule has 0 fully saturated rings. The van der Waals surface area contributed by atoms with E-state index in [2.05, 4.69) is 29.2 Å². The van der Waals surface area contributed by atoms with Gasteiger partial charge in [-0.25, -0.2) is 9.98 Å². The van der Waals surface area contributed by atoms with Gasteiger partial charge in [0.1, 0.15) is 0 Å². The van der Waals surface area contributed by atoms with Crippen LogP contribution < -0.4 is 0 Å². The Bertz CT molecular complexity index is 648. The molecular weight excluding hydrogens is 244 g/mol. The van der Waals surface area contributed by atoms with E-state index in [9.17, 15) is 0 Å². The SMILES string of the molecule is c1ccc(C(=Nc2ccccn2)c2ccccc2)cc1. The molecule has 2 nitrogen and oxygen atoms in total. The van der Waals surface area contributed by atoms with Gasteiger partial charge < -0.3 is 0 Å². The van der Waals surface area contributed by atoms with E-state index in [1.54, 1.807) is 6.20 Å². The zero-order chi connectivity index (χ0) is 13.6. The van der Waals surface area contributed by atoms with E-state index in [0.29, 0.717) is 0 Å². The number of benzene rings is 2. The first-order valence-corrected chi connectivity index (χ1v) is 6.54. The molecule has 96 valence electrons. The zero-order valence-electron chi connectivity index (χ0n) is 11.0. The molecular formula is C18H14N2. The monoisotopic (exact) mass is 258 g/mol. The van der Waals surface area contributed by atoms with Crippen LogP contribution in [-0.4, -0.2) is 10.7 Å². The average Bonchev–Trinajstić information content (AvgIpc) is 2.55. The summed E-state index contributed by atoms with van der Waals surface area (Å²) >= 11 is 0. The summed E-state index contributed by atoms with van der Waals surface area (Å²) in [5.74, 6) is 0.718. The summed E-state index contributed by atoms with van der Waals surface area (Å²) in [4.78, 5) is 8.99. The molecule has 1 heterocycles. The van der Waals surface area contributed by atoms with Crippen molar-refractivity contribution in [3.63, 3.8) is 0 Å². The van der Waals surface area contributed by atoms with Crippen LogP contribution in [0.1, 0.15) is 11.1 Å². The highest BCUT2D eigenvalue weighted by atomic mass is 14.9. The second-order valence-corrected chi connectivity index (χ2v) is 4.38. The van der Waals surface area contributed by atoms with Crippen molar-refractivity contribution < 1.29 is 0 Å². The van der Waals surface area contributed by atoms with Gasteiger partial charge in [-0.05, 0) is 12.1 Å². The fourth-order valence-corrected chi connectivity index (χ4v) is 2.02. The highest BCUT2D eigenvalue weighted by Gasteiger charge is 2.06. The number of hydrogen-bond donors (Lipinski definition) is 0. The van der Waals surface area contributed by atoms with E-state index in [-0.39, 0.29) is 0 Å². The van der Waals surface area contributed by atoms with E-state index >= 15 is 0 Å². The maximum atomic E-state index is 4.70. The molecule has 0 saturated carbocycles. The topological polar surface area (TPSA) is 25.2 Å². The van der Waals surface area contributed by atoms with Gasteiger partial charge >= 0.3 is 0 Å². The molecule has 0 atom stereocenters. The van der Waals surface area contributed by atoms with Crippen LogP contribution in [0.5, 0.6) is 0 Å². The Kier molecular flexibility index (Phi) is 3.65. The highest BCUT2D eigenvalue weighted by molar-refractivity contribution is 6.13. The molecule has 0 N–H and O–H groups in total. The lowest BCUT2D eigenvalue weighted by Crippen LogP contribution is -2.02. The van der Waals surface area contributed by atoms with Crippen LogP contribution >= 0.6 is 0 Å². The number of hydrogen-bond acceptors (Lipinski definition) is 2. The molecule has 0 aliphatic carbocycles. The van der Waals surface area contributed by atoms with Gasteiger partial charge in [0.25, 0.3) is 0 Å². The van der Waals surface area contributed by atoms with Crippen LogP contribution in [0.15, 0.2) is 90.1 Å². The molecule has 0 spiro atoms. The van der Waals surface area contributed by atoms with Crippen molar-refractivity contribution in [3.05, 3.63) is 96.2 Å². The van der Waals surface area contributed by atoms with Crippen LogP contribution in [0.3, 0.4) is 0 Å². The van der Waals surface area contributed by atoms with Gasteiger partial charge in [-0.1, -0.05) is 66.7 Å². The Hall–Kier alpha value is -2.74. The van der Waals surface area contributed by atoms with Crippen molar-refractivity contribution in [3.8, 4) is 0 Å². The quantitative estimate of drug-likeness (QED) is 0.645. The lowest BCUT2D eigenvalue weighted by atomic mass is 10.0. The summed E-state index contributed by atoms with van der Waals surface area (Å²) in [7, 11) is 0. The Balaban J connectivity index is 2.12. The van der Waals surface area contributed by atoms with E-state index in [0.717, 1.165) is 22.7 Å². The van der Waals surface area contributed by atoms with Gasteiger partial charge in [-0.3, -0.25) is 0 Å². The van der Waals surface area contributed by atoms with E-state index in [1.807, 2.05) is 54.6 Å². The maximum Gasteiger partial charge on any atom is 0.152 e. The summed E-state index contributed by atoms with van der Waals surface area (Å²) in [6.45, 7) is 0. The van der Waals surface area contributed by atoms with Gasteiger partial charge in [0.15, 0.2) is 5.82 Å². The average molecular weight is 258 g/mol. The van der Waals surface area contributed by atoms with E-state index in [4.69, 9.17) is 4.99 Å². The number of pyridine rings is 1. The number of aliphatic imine (C=N–C) groups is 1. The molecule has 0 radical (unpaired) electrons. The molecule has 0 bridgehead atoms. The lowest BCUT2D eigenvalue weighted by Gasteiger charge is -2.07. The molecule has 0 unspecified atom stereocenters. The standard InChI is InChI=1S/C18H14N2/c1-3-9-15(10-4-1)18(16-11-5-2-6-12-16)20-17-13-7-8-14-19-17/h1-14H. The van der Waals surface area contributed by atoms with Crippen LogP contribution in [0.25, 0.3) is 0 Å². The van der Waals surface area contributed by atoms with Crippen molar-refractivity contribution in [2.75, 3.05) is 0 Å².